The van der Waals surface area contributed by atoms with E-state index in [4.69, 9.17) is 11.6 Å². The van der Waals surface area contributed by atoms with E-state index in [9.17, 15) is 4.79 Å². The van der Waals surface area contributed by atoms with Crippen molar-refractivity contribution in [1.82, 2.24) is 15.1 Å². The van der Waals surface area contributed by atoms with E-state index in [1.165, 1.54) is 5.56 Å². The molecule has 0 bridgehead atoms. The fourth-order valence-corrected chi connectivity index (χ4v) is 2.60. The number of piperazine rings is 1. The van der Waals surface area contributed by atoms with E-state index in [1.807, 2.05) is 30.1 Å². The quantitative estimate of drug-likeness (QED) is 0.896. The molecule has 0 radical (unpaired) electrons. The van der Waals surface area contributed by atoms with Crippen LogP contribution in [0.2, 0.25) is 5.02 Å². The summed E-state index contributed by atoms with van der Waals surface area (Å²) < 4.78 is 0. The van der Waals surface area contributed by atoms with E-state index in [0.29, 0.717) is 6.42 Å². The number of nitrogens with one attached hydrogen (secondary N) is 1. The van der Waals surface area contributed by atoms with Crippen LogP contribution < -0.4 is 5.32 Å². The first kappa shape index (κ1) is 18.2. The number of rotatable bonds is 5. The van der Waals surface area contributed by atoms with Crippen LogP contribution in [0.25, 0.3) is 0 Å². The van der Waals surface area contributed by atoms with Gasteiger partial charge in [0.25, 0.3) is 0 Å². The molecule has 0 spiro atoms. The SMILES string of the molecule is CN(CCC(=O)N1CCNCC1)Cc1cccc(Cl)c1.Cl. The van der Waals surface area contributed by atoms with Crippen molar-refractivity contribution in [2.45, 2.75) is 13.0 Å². The molecule has 1 aromatic carbocycles. The summed E-state index contributed by atoms with van der Waals surface area (Å²) in [6.45, 7) is 5.06. The molecular weight excluding hydrogens is 309 g/mol. The van der Waals surface area contributed by atoms with Crippen molar-refractivity contribution >= 4 is 29.9 Å². The van der Waals surface area contributed by atoms with Gasteiger partial charge in [-0.25, -0.2) is 0 Å². The molecule has 1 amide bonds. The van der Waals surface area contributed by atoms with Gasteiger partial charge in [-0.2, -0.15) is 0 Å². The normalized spacial score (nSPS) is 14.9. The highest BCUT2D eigenvalue weighted by Crippen LogP contribution is 2.12. The first-order chi connectivity index (χ1) is 9.65. The minimum absolute atomic E-state index is 0. The number of halogens is 2. The average molecular weight is 332 g/mol. The van der Waals surface area contributed by atoms with Gasteiger partial charge in [0, 0.05) is 50.7 Å². The van der Waals surface area contributed by atoms with Crippen molar-refractivity contribution in [3.63, 3.8) is 0 Å². The van der Waals surface area contributed by atoms with Crippen LogP contribution in [-0.2, 0) is 11.3 Å². The molecule has 1 fully saturated rings. The van der Waals surface area contributed by atoms with Gasteiger partial charge in [0.2, 0.25) is 5.91 Å². The first-order valence-electron chi connectivity index (χ1n) is 7.06. The highest BCUT2D eigenvalue weighted by Gasteiger charge is 2.16. The van der Waals surface area contributed by atoms with Gasteiger partial charge in [-0.3, -0.25) is 4.79 Å². The minimum atomic E-state index is 0. The number of hydrogen-bond donors (Lipinski definition) is 1. The fourth-order valence-electron chi connectivity index (χ4n) is 2.38. The van der Waals surface area contributed by atoms with Crippen LogP contribution in [0.15, 0.2) is 24.3 Å². The summed E-state index contributed by atoms with van der Waals surface area (Å²) in [5, 5.41) is 4.01. The Bertz CT molecular complexity index is 450. The zero-order valence-electron chi connectivity index (χ0n) is 12.3. The molecule has 1 aromatic rings. The molecule has 1 heterocycles. The second kappa shape index (κ2) is 9.26. The number of benzene rings is 1. The monoisotopic (exact) mass is 331 g/mol. The number of carbonyl (C=O) groups is 1. The van der Waals surface area contributed by atoms with E-state index < -0.39 is 0 Å². The summed E-state index contributed by atoms with van der Waals surface area (Å²) in [6.07, 6.45) is 0.580. The first-order valence-corrected chi connectivity index (χ1v) is 7.44. The van der Waals surface area contributed by atoms with E-state index in [-0.39, 0.29) is 18.3 Å². The molecule has 0 atom stereocenters. The molecule has 0 aromatic heterocycles. The highest BCUT2D eigenvalue weighted by atomic mass is 35.5. The van der Waals surface area contributed by atoms with Gasteiger partial charge in [-0.05, 0) is 24.7 Å². The van der Waals surface area contributed by atoms with Crippen LogP contribution in [0.1, 0.15) is 12.0 Å². The van der Waals surface area contributed by atoms with E-state index in [0.717, 1.165) is 44.3 Å². The van der Waals surface area contributed by atoms with Crippen LogP contribution in [0.4, 0.5) is 0 Å². The maximum atomic E-state index is 12.1. The van der Waals surface area contributed by atoms with Crippen molar-refractivity contribution in [3.8, 4) is 0 Å². The van der Waals surface area contributed by atoms with Gasteiger partial charge in [0.1, 0.15) is 0 Å². The average Bonchev–Trinajstić information content (AvgIpc) is 2.46. The Balaban J connectivity index is 0.00000220. The third-order valence-corrected chi connectivity index (χ3v) is 3.75. The summed E-state index contributed by atoms with van der Waals surface area (Å²) in [5.41, 5.74) is 1.18. The molecule has 1 N–H and O–H groups in total. The smallest absolute Gasteiger partial charge is 0.223 e. The number of nitrogens with zero attached hydrogens (tertiary/aromatic N) is 2. The van der Waals surface area contributed by atoms with E-state index >= 15 is 0 Å². The second-order valence-electron chi connectivity index (χ2n) is 5.25. The fraction of sp³-hybridized carbons (Fsp3) is 0.533. The molecule has 1 aliphatic rings. The Morgan fingerprint density at radius 2 is 2.10 bits per heavy atom. The van der Waals surface area contributed by atoms with Crippen LogP contribution in [0.3, 0.4) is 0 Å². The largest absolute Gasteiger partial charge is 0.340 e. The van der Waals surface area contributed by atoms with Gasteiger partial charge in [0.05, 0.1) is 0 Å². The van der Waals surface area contributed by atoms with Crippen molar-refractivity contribution in [2.75, 3.05) is 39.8 Å². The zero-order valence-corrected chi connectivity index (χ0v) is 13.9. The van der Waals surface area contributed by atoms with Gasteiger partial charge in [0.15, 0.2) is 0 Å². The molecular formula is C15H23Cl2N3O. The maximum absolute atomic E-state index is 12.1. The predicted molar refractivity (Wildman–Crippen MR) is 89.1 cm³/mol. The second-order valence-corrected chi connectivity index (χ2v) is 5.68. The predicted octanol–water partition coefficient (Wildman–Crippen LogP) is 2.02. The maximum Gasteiger partial charge on any atom is 0.223 e. The van der Waals surface area contributed by atoms with E-state index in [2.05, 4.69) is 16.3 Å². The van der Waals surface area contributed by atoms with Gasteiger partial charge < -0.3 is 15.1 Å². The van der Waals surface area contributed by atoms with Crippen LogP contribution >= 0.6 is 24.0 Å². The lowest BCUT2D eigenvalue weighted by atomic mass is 10.2. The summed E-state index contributed by atoms with van der Waals surface area (Å²) in [5.74, 6) is 0.254. The highest BCUT2D eigenvalue weighted by molar-refractivity contribution is 6.30. The zero-order chi connectivity index (χ0) is 14.4. The van der Waals surface area contributed by atoms with Crippen molar-refractivity contribution in [3.05, 3.63) is 34.9 Å². The van der Waals surface area contributed by atoms with Crippen molar-refractivity contribution in [1.29, 1.82) is 0 Å². The summed E-state index contributed by atoms with van der Waals surface area (Å²) in [4.78, 5) is 16.2. The lowest BCUT2D eigenvalue weighted by Gasteiger charge is -2.28. The Morgan fingerprint density at radius 1 is 1.38 bits per heavy atom. The summed E-state index contributed by atoms with van der Waals surface area (Å²) >= 11 is 5.97. The van der Waals surface area contributed by atoms with Crippen LogP contribution in [0, 0.1) is 0 Å². The minimum Gasteiger partial charge on any atom is -0.340 e. The molecule has 1 saturated heterocycles. The van der Waals surface area contributed by atoms with Gasteiger partial charge in [-0.15, -0.1) is 12.4 Å². The molecule has 0 unspecified atom stereocenters. The van der Waals surface area contributed by atoms with E-state index in [1.54, 1.807) is 0 Å². The molecule has 0 aliphatic carbocycles. The molecule has 6 heteroatoms. The lowest BCUT2D eigenvalue weighted by Crippen LogP contribution is -2.47. The standard InChI is InChI=1S/C15H22ClN3O.ClH/c1-18(12-13-3-2-4-14(16)11-13)8-5-15(20)19-9-6-17-7-10-19;/h2-4,11,17H,5-10,12H2,1H3;1H. The van der Waals surface area contributed by atoms with Crippen LogP contribution in [0.5, 0.6) is 0 Å². The Hall–Kier alpha value is -0.810. The van der Waals surface area contributed by atoms with Crippen molar-refractivity contribution in [2.24, 2.45) is 0 Å². The molecule has 118 valence electrons. The molecule has 0 saturated carbocycles. The molecule has 1 aliphatic heterocycles. The third kappa shape index (κ3) is 6.22. The van der Waals surface area contributed by atoms with Crippen LogP contribution in [-0.4, -0.2) is 55.5 Å². The van der Waals surface area contributed by atoms with Crippen molar-refractivity contribution < 1.29 is 4.79 Å². The summed E-state index contributed by atoms with van der Waals surface area (Å²) in [6, 6.07) is 7.85. The van der Waals surface area contributed by atoms with Gasteiger partial charge in [-0.1, -0.05) is 23.7 Å². The third-order valence-electron chi connectivity index (χ3n) is 3.52. The molecule has 4 nitrogen and oxygen atoms in total. The lowest BCUT2D eigenvalue weighted by molar-refractivity contribution is -0.132. The number of carbonyl (C=O) groups excluding carboxylic acids is 1. The Labute approximate surface area is 137 Å². The molecule has 21 heavy (non-hydrogen) atoms. The number of amides is 1. The summed E-state index contributed by atoms with van der Waals surface area (Å²) in [7, 11) is 2.03. The topological polar surface area (TPSA) is 35.6 Å². The Kier molecular flexibility index (Phi) is 8.04. The number of hydrogen-bond acceptors (Lipinski definition) is 3. The van der Waals surface area contributed by atoms with Gasteiger partial charge >= 0.3 is 0 Å². The Morgan fingerprint density at radius 3 is 2.76 bits per heavy atom. The molecule has 2 rings (SSSR count).